The van der Waals surface area contributed by atoms with Crippen molar-refractivity contribution in [2.24, 2.45) is 0 Å². The number of sulfone groups is 1. The number of aliphatic hydroxyl groups is 1. The van der Waals surface area contributed by atoms with Gasteiger partial charge in [0.25, 0.3) is 0 Å². The van der Waals surface area contributed by atoms with Crippen LogP contribution in [-0.4, -0.2) is 40.8 Å². The molecular weight excluding hydrogens is 302 g/mol. The van der Waals surface area contributed by atoms with Crippen molar-refractivity contribution in [2.75, 3.05) is 12.8 Å². The van der Waals surface area contributed by atoms with Gasteiger partial charge >= 0.3 is 0 Å². The van der Waals surface area contributed by atoms with Gasteiger partial charge < -0.3 is 5.11 Å². The number of aliphatic hydroxyl groups excluding tert-OH is 1. The molecule has 0 aromatic heterocycles. The fraction of sp³-hybridized carbons (Fsp3) is 0.500. The van der Waals surface area contributed by atoms with Crippen LogP contribution in [0.25, 0.3) is 0 Å². The van der Waals surface area contributed by atoms with E-state index in [1.165, 1.54) is 24.3 Å². The first-order valence-electron chi connectivity index (χ1n) is 6.08. The first-order chi connectivity index (χ1) is 9.14. The fourth-order valence-electron chi connectivity index (χ4n) is 1.50. The van der Waals surface area contributed by atoms with Crippen LogP contribution in [0, 0.1) is 0 Å². The number of sulfonamides is 1. The molecule has 0 aliphatic rings. The molecule has 0 saturated heterocycles. The predicted molar refractivity (Wildman–Crippen MR) is 76.5 cm³/mol. The average Bonchev–Trinajstić information content (AvgIpc) is 2.34. The lowest BCUT2D eigenvalue weighted by Gasteiger charge is -2.10. The van der Waals surface area contributed by atoms with E-state index in [2.05, 4.69) is 4.72 Å². The second-order valence-corrected chi connectivity index (χ2v) is 8.54. The molecule has 6 nitrogen and oxygen atoms in total. The Bertz CT molecular complexity index is 635. The van der Waals surface area contributed by atoms with Crippen molar-refractivity contribution >= 4 is 19.9 Å². The van der Waals surface area contributed by atoms with Crippen LogP contribution < -0.4 is 4.72 Å². The molecule has 0 saturated carbocycles. The smallest absolute Gasteiger partial charge is 0.240 e. The van der Waals surface area contributed by atoms with Crippen LogP contribution in [0.3, 0.4) is 0 Å². The summed E-state index contributed by atoms with van der Waals surface area (Å²) < 4.78 is 48.4. The number of hydrogen-bond acceptors (Lipinski definition) is 5. The van der Waals surface area contributed by atoms with Gasteiger partial charge in [-0.25, -0.2) is 21.6 Å². The maximum absolute atomic E-state index is 11.9. The topological polar surface area (TPSA) is 101 Å². The van der Waals surface area contributed by atoms with Crippen LogP contribution >= 0.6 is 0 Å². The number of hydrogen-bond donors (Lipinski definition) is 2. The van der Waals surface area contributed by atoms with Gasteiger partial charge in [-0.2, -0.15) is 0 Å². The third-order valence-corrected chi connectivity index (χ3v) is 4.94. The van der Waals surface area contributed by atoms with E-state index in [1.54, 1.807) is 6.92 Å². The van der Waals surface area contributed by atoms with Crippen molar-refractivity contribution in [3.8, 4) is 0 Å². The van der Waals surface area contributed by atoms with E-state index < -0.39 is 26.0 Å². The zero-order valence-corrected chi connectivity index (χ0v) is 13.0. The molecule has 0 aliphatic carbocycles. The van der Waals surface area contributed by atoms with Gasteiger partial charge in [0.1, 0.15) is 0 Å². The summed E-state index contributed by atoms with van der Waals surface area (Å²) in [6.07, 6.45) is 0.843. The van der Waals surface area contributed by atoms with E-state index in [0.717, 1.165) is 6.26 Å². The second kappa shape index (κ2) is 6.66. The highest BCUT2D eigenvalue weighted by Crippen LogP contribution is 2.12. The first-order valence-corrected chi connectivity index (χ1v) is 9.63. The maximum Gasteiger partial charge on any atom is 0.240 e. The zero-order valence-electron chi connectivity index (χ0n) is 11.4. The largest absolute Gasteiger partial charge is 0.392 e. The highest BCUT2D eigenvalue weighted by molar-refractivity contribution is 7.90. The van der Waals surface area contributed by atoms with E-state index in [4.69, 9.17) is 0 Å². The molecule has 1 atom stereocenters. The standard InChI is InChI=1S/C12H19NO5S2/c1-3-11(14)8-13-20(17,18)12-6-4-10(5-7-12)9-19(2,15)16/h4-7,11,13-14H,3,8-9H2,1-2H3. The zero-order chi connectivity index (χ0) is 15.4. The summed E-state index contributed by atoms with van der Waals surface area (Å²) in [5, 5.41) is 9.35. The number of rotatable bonds is 7. The molecule has 0 radical (unpaired) electrons. The van der Waals surface area contributed by atoms with Crippen LogP contribution in [0.15, 0.2) is 29.2 Å². The third kappa shape index (κ3) is 5.58. The van der Waals surface area contributed by atoms with Crippen LogP contribution in [0.2, 0.25) is 0 Å². The Morgan fingerprint density at radius 1 is 1.15 bits per heavy atom. The third-order valence-electron chi connectivity index (χ3n) is 2.64. The van der Waals surface area contributed by atoms with Gasteiger partial charge in [0.15, 0.2) is 9.84 Å². The Morgan fingerprint density at radius 3 is 2.15 bits per heavy atom. The van der Waals surface area contributed by atoms with Crippen LogP contribution in [-0.2, 0) is 25.6 Å². The molecule has 0 bridgehead atoms. The van der Waals surface area contributed by atoms with Gasteiger partial charge in [0, 0.05) is 12.8 Å². The second-order valence-electron chi connectivity index (χ2n) is 4.63. The Hall–Kier alpha value is -0.960. The van der Waals surface area contributed by atoms with E-state index in [-0.39, 0.29) is 17.2 Å². The average molecular weight is 321 g/mol. The van der Waals surface area contributed by atoms with E-state index in [9.17, 15) is 21.9 Å². The highest BCUT2D eigenvalue weighted by Gasteiger charge is 2.15. The maximum atomic E-state index is 11.9. The Labute approximate surface area is 119 Å². The molecule has 114 valence electrons. The Balaban J connectivity index is 2.82. The van der Waals surface area contributed by atoms with Gasteiger partial charge in [-0.1, -0.05) is 19.1 Å². The molecule has 0 fully saturated rings. The van der Waals surface area contributed by atoms with E-state index >= 15 is 0 Å². The molecule has 1 unspecified atom stereocenters. The minimum absolute atomic E-state index is 0.0399. The summed E-state index contributed by atoms with van der Waals surface area (Å²) in [5.41, 5.74) is 0.528. The van der Waals surface area contributed by atoms with E-state index in [0.29, 0.717) is 12.0 Å². The Kier molecular flexibility index (Phi) is 5.69. The van der Waals surface area contributed by atoms with Crippen molar-refractivity contribution < 1.29 is 21.9 Å². The van der Waals surface area contributed by atoms with Crippen molar-refractivity contribution in [1.82, 2.24) is 4.72 Å². The van der Waals surface area contributed by atoms with Crippen LogP contribution in [0.5, 0.6) is 0 Å². The molecule has 0 aliphatic heterocycles. The van der Waals surface area contributed by atoms with E-state index in [1.807, 2.05) is 0 Å². The molecular formula is C12H19NO5S2. The quantitative estimate of drug-likeness (QED) is 0.751. The highest BCUT2D eigenvalue weighted by atomic mass is 32.2. The lowest BCUT2D eigenvalue weighted by atomic mass is 10.2. The molecule has 20 heavy (non-hydrogen) atoms. The van der Waals surface area contributed by atoms with Gasteiger partial charge in [0.05, 0.1) is 16.8 Å². The summed E-state index contributed by atoms with van der Waals surface area (Å²) in [6.45, 7) is 1.70. The lowest BCUT2D eigenvalue weighted by Crippen LogP contribution is -2.31. The summed E-state index contributed by atoms with van der Waals surface area (Å²) in [5.74, 6) is -0.130. The molecule has 0 spiro atoms. The molecule has 0 heterocycles. The van der Waals surface area contributed by atoms with Crippen molar-refractivity contribution in [3.05, 3.63) is 29.8 Å². The summed E-state index contributed by atoms with van der Waals surface area (Å²) >= 11 is 0. The van der Waals surface area contributed by atoms with Gasteiger partial charge in [0.2, 0.25) is 10.0 Å². The van der Waals surface area contributed by atoms with Gasteiger partial charge in [-0.05, 0) is 24.1 Å². The molecule has 1 aromatic carbocycles. The Morgan fingerprint density at radius 2 is 1.70 bits per heavy atom. The number of benzene rings is 1. The molecule has 1 rings (SSSR count). The molecule has 8 heteroatoms. The van der Waals surface area contributed by atoms with Crippen molar-refractivity contribution in [1.29, 1.82) is 0 Å². The summed E-state index contributed by atoms with van der Waals surface area (Å²) in [6, 6.07) is 5.63. The SMILES string of the molecule is CCC(O)CNS(=O)(=O)c1ccc(CS(C)(=O)=O)cc1. The van der Waals surface area contributed by atoms with Gasteiger partial charge in [-0.15, -0.1) is 0 Å². The van der Waals surface area contributed by atoms with Crippen LogP contribution in [0.4, 0.5) is 0 Å². The summed E-state index contributed by atoms with van der Waals surface area (Å²) in [4.78, 5) is 0.0399. The molecule has 1 aromatic rings. The minimum Gasteiger partial charge on any atom is -0.392 e. The minimum atomic E-state index is -3.69. The van der Waals surface area contributed by atoms with Crippen LogP contribution in [0.1, 0.15) is 18.9 Å². The molecule has 0 amide bonds. The van der Waals surface area contributed by atoms with Gasteiger partial charge in [-0.3, -0.25) is 0 Å². The van der Waals surface area contributed by atoms with Crippen molar-refractivity contribution in [2.45, 2.75) is 30.1 Å². The summed E-state index contributed by atoms with van der Waals surface area (Å²) in [7, 11) is -6.83. The first kappa shape index (κ1) is 17.1. The fourth-order valence-corrected chi connectivity index (χ4v) is 3.37. The lowest BCUT2D eigenvalue weighted by molar-refractivity contribution is 0.174. The van der Waals surface area contributed by atoms with Crippen molar-refractivity contribution in [3.63, 3.8) is 0 Å². The normalized spacial score (nSPS) is 14.2. The predicted octanol–water partition coefficient (Wildman–Crippen LogP) is 0.280. The monoisotopic (exact) mass is 321 g/mol. The number of nitrogens with one attached hydrogen (secondary N) is 1. The molecule has 2 N–H and O–H groups in total.